The van der Waals surface area contributed by atoms with Crippen molar-refractivity contribution in [2.24, 2.45) is 0 Å². The zero-order valence-corrected chi connectivity index (χ0v) is 13.2. The Balaban J connectivity index is 2.02. The van der Waals surface area contributed by atoms with E-state index in [0.717, 1.165) is 16.9 Å². The molecule has 2 N–H and O–H groups in total. The second kappa shape index (κ2) is 6.91. The van der Waals surface area contributed by atoms with Crippen LogP contribution in [0.1, 0.15) is 27.2 Å². The fraction of sp³-hybridized carbons (Fsp3) is 0.333. The van der Waals surface area contributed by atoms with Crippen LogP contribution in [0.4, 0.5) is 0 Å². The first kappa shape index (κ1) is 16.5. The molecule has 23 heavy (non-hydrogen) atoms. The number of hydrogen-bond donors (Lipinski definition) is 2. The Kier molecular flexibility index (Phi) is 4.95. The number of carbonyl (C=O) groups is 2. The molecule has 1 aromatic carbocycles. The summed E-state index contributed by atoms with van der Waals surface area (Å²) < 4.78 is 6.47. The van der Waals surface area contributed by atoms with Crippen molar-refractivity contribution in [3.63, 3.8) is 0 Å². The van der Waals surface area contributed by atoms with Crippen molar-refractivity contribution >= 4 is 11.9 Å². The molecule has 8 heteroatoms. The molecule has 2 rings (SSSR count). The monoisotopic (exact) mass is 318 g/mol. The van der Waals surface area contributed by atoms with E-state index >= 15 is 0 Å². The summed E-state index contributed by atoms with van der Waals surface area (Å²) in [7, 11) is 1.59. The van der Waals surface area contributed by atoms with E-state index in [2.05, 4.69) is 15.6 Å². The first-order chi connectivity index (χ1) is 10.9. The molecule has 0 saturated carbocycles. The van der Waals surface area contributed by atoms with Gasteiger partial charge in [0.05, 0.1) is 19.9 Å². The summed E-state index contributed by atoms with van der Waals surface area (Å²) in [6.07, 6.45) is 1.49. The summed E-state index contributed by atoms with van der Waals surface area (Å²) in [5, 5.41) is 18.9. The molecule has 0 bridgehead atoms. The van der Waals surface area contributed by atoms with Crippen molar-refractivity contribution in [3.05, 3.63) is 40.7 Å². The largest absolute Gasteiger partial charge is 0.496 e. The molecule has 0 aliphatic rings. The lowest BCUT2D eigenvalue weighted by Crippen LogP contribution is -2.23. The number of carbonyl (C=O) groups excluding carboxylic acids is 1. The number of carboxylic acids is 1. The van der Waals surface area contributed by atoms with Gasteiger partial charge in [-0.2, -0.15) is 0 Å². The van der Waals surface area contributed by atoms with Crippen molar-refractivity contribution < 1.29 is 19.4 Å². The van der Waals surface area contributed by atoms with Gasteiger partial charge in [-0.3, -0.25) is 9.59 Å². The maximum absolute atomic E-state index is 12.2. The van der Waals surface area contributed by atoms with E-state index in [1.807, 2.05) is 13.8 Å². The molecule has 122 valence electrons. The van der Waals surface area contributed by atoms with Gasteiger partial charge in [-0.05, 0) is 37.1 Å². The van der Waals surface area contributed by atoms with Gasteiger partial charge < -0.3 is 15.2 Å². The number of aryl methyl sites for hydroxylation is 2. The Morgan fingerprint density at radius 2 is 1.96 bits per heavy atom. The lowest BCUT2D eigenvalue weighted by molar-refractivity contribution is -0.137. The number of carboxylic acid groups (broad SMARTS) is 1. The highest BCUT2D eigenvalue weighted by molar-refractivity contribution is 5.94. The SMILES string of the molecule is COc1c(C)cc(C(=O)NCc2cn(CC(=O)O)nn2)cc1C. The first-order valence-electron chi connectivity index (χ1n) is 6.95. The van der Waals surface area contributed by atoms with Gasteiger partial charge in [-0.25, -0.2) is 4.68 Å². The summed E-state index contributed by atoms with van der Waals surface area (Å²) >= 11 is 0. The number of benzene rings is 1. The van der Waals surface area contributed by atoms with Gasteiger partial charge in [0.15, 0.2) is 0 Å². The normalized spacial score (nSPS) is 10.4. The number of rotatable bonds is 6. The van der Waals surface area contributed by atoms with Crippen LogP contribution in [0.2, 0.25) is 0 Å². The third-order valence-electron chi connectivity index (χ3n) is 3.24. The molecule has 2 aromatic rings. The van der Waals surface area contributed by atoms with Crippen LogP contribution in [0.3, 0.4) is 0 Å². The zero-order valence-electron chi connectivity index (χ0n) is 13.2. The number of nitrogens with zero attached hydrogens (tertiary/aromatic N) is 3. The standard InChI is InChI=1S/C15H18N4O4/c1-9-4-11(5-10(2)14(9)23-3)15(22)16-6-12-7-19(18-17-12)8-13(20)21/h4-5,7H,6,8H2,1-3H3,(H,16,22)(H,20,21). The van der Waals surface area contributed by atoms with Crippen LogP contribution < -0.4 is 10.1 Å². The third kappa shape index (κ3) is 4.06. The van der Waals surface area contributed by atoms with E-state index in [9.17, 15) is 9.59 Å². The summed E-state index contributed by atoms with van der Waals surface area (Å²) in [5.74, 6) is -0.487. The topological polar surface area (TPSA) is 106 Å². The number of aromatic nitrogens is 3. The van der Waals surface area contributed by atoms with Gasteiger partial charge in [0.25, 0.3) is 5.91 Å². The average molecular weight is 318 g/mol. The Morgan fingerprint density at radius 1 is 1.30 bits per heavy atom. The predicted molar refractivity (Wildman–Crippen MR) is 81.3 cm³/mol. The molecule has 0 aliphatic heterocycles. The third-order valence-corrected chi connectivity index (χ3v) is 3.24. The summed E-state index contributed by atoms with van der Waals surface area (Å²) in [5.41, 5.74) is 2.77. The van der Waals surface area contributed by atoms with Crippen LogP contribution in [0, 0.1) is 13.8 Å². The van der Waals surface area contributed by atoms with E-state index in [1.54, 1.807) is 19.2 Å². The molecule has 1 amide bonds. The van der Waals surface area contributed by atoms with Gasteiger partial charge in [0.1, 0.15) is 18.0 Å². The lowest BCUT2D eigenvalue weighted by Gasteiger charge is -2.11. The molecular weight excluding hydrogens is 300 g/mol. The smallest absolute Gasteiger partial charge is 0.325 e. The van der Waals surface area contributed by atoms with Gasteiger partial charge in [-0.15, -0.1) is 5.10 Å². The summed E-state index contributed by atoms with van der Waals surface area (Å²) in [4.78, 5) is 22.8. The molecule has 0 atom stereocenters. The maximum atomic E-state index is 12.2. The second-order valence-electron chi connectivity index (χ2n) is 5.13. The quantitative estimate of drug-likeness (QED) is 0.820. The van der Waals surface area contributed by atoms with E-state index in [-0.39, 0.29) is 19.0 Å². The Labute approximate surface area is 133 Å². The van der Waals surface area contributed by atoms with Gasteiger partial charge in [0, 0.05) is 5.56 Å². The number of ether oxygens (including phenoxy) is 1. The van der Waals surface area contributed by atoms with E-state index < -0.39 is 5.97 Å². The van der Waals surface area contributed by atoms with E-state index in [1.165, 1.54) is 10.9 Å². The van der Waals surface area contributed by atoms with Crippen LogP contribution in [-0.4, -0.2) is 39.1 Å². The van der Waals surface area contributed by atoms with Crippen molar-refractivity contribution in [1.82, 2.24) is 20.3 Å². The van der Waals surface area contributed by atoms with E-state index in [4.69, 9.17) is 9.84 Å². The van der Waals surface area contributed by atoms with Gasteiger partial charge in [-0.1, -0.05) is 5.21 Å². The Morgan fingerprint density at radius 3 is 2.52 bits per heavy atom. The summed E-state index contributed by atoms with van der Waals surface area (Å²) in [6.45, 7) is 3.65. The maximum Gasteiger partial charge on any atom is 0.325 e. The fourth-order valence-corrected chi connectivity index (χ4v) is 2.31. The Hall–Kier alpha value is -2.90. The highest BCUT2D eigenvalue weighted by atomic mass is 16.5. The minimum atomic E-state index is -1.00. The van der Waals surface area contributed by atoms with Crippen molar-refractivity contribution in [3.8, 4) is 5.75 Å². The van der Waals surface area contributed by atoms with Crippen LogP contribution >= 0.6 is 0 Å². The van der Waals surface area contributed by atoms with Crippen molar-refractivity contribution in [2.45, 2.75) is 26.9 Å². The molecule has 0 spiro atoms. The van der Waals surface area contributed by atoms with Gasteiger partial charge in [0.2, 0.25) is 0 Å². The lowest BCUT2D eigenvalue weighted by atomic mass is 10.1. The summed E-state index contributed by atoms with van der Waals surface area (Å²) in [6, 6.07) is 3.50. The Bertz CT molecular complexity index is 716. The second-order valence-corrected chi connectivity index (χ2v) is 5.13. The van der Waals surface area contributed by atoms with Crippen LogP contribution in [-0.2, 0) is 17.9 Å². The molecule has 0 saturated heterocycles. The highest BCUT2D eigenvalue weighted by Crippen LogP contribution is 2.24. The molecule has 8 nitrogen and oxygen atoms in total. The number of hydrogen-bond acceptors (Lipinski definition) is 5. The molecule has 0 radical (unpaired) electrons. The van der Waals surface area contributed by atoms with E-state index in [0.29, 0.717) is 11.3 Å². The highest BCUT2D eigenvalue weighted by Gasteiger charge is 2.12. The minimum Gasteiger partial charge on any atom is -0.496 e. The molecule has 0 unspecified atom stereocenters. The first-order valence-corrected chi connectivity index (χ1v) is 6.95. The molecule has 1 aromatic heterocycles. The number of nitrogens with one attached hydrogen (secondary N) is 1. The fourth-order valence-electron chi connectivity index (χ4n) is 2.31. The molecule has 0 aliphatic carbocycles. The molecular formula is C15H18N4O4. The van der Waals surface area contributed by atoms with Crippen molar-refractivity contribution in [2.75, 3.05) is 7.11 Å². The molecule has 0 fully saturated rings. The van der Waals surface area contributed by atoms with Crippen LogP contribution in [0.5, 0.6) is 5.75 Å². The number of aliphatic carboxylic acids is 1. The van der Waals surface area contributed by atoms with Crippen molar-refractivity contribution in [1.29, 1.82) is 0 Å². The van der Waals surface area contributed by atoms with Gasteiger partial charge >= 0.3 is 5.97 Å². The number of amides is 1. The molecule has 1 heterocycles. The predicted octanol–water partition coefficient (Wildman–Crippen LogP) is 0.918. The minimum absolute atomic E-state index is 0.169. The van der Waals surface area contributed by atoms with Crippen LogP contribution in [0.15, 0.2) is 18.3 Å². The average Bonchev–Trinajstić information content (AvgIpc) is 2.91. The zero-order chi connectivity index (χ0) is 17.0. The number of methoxy groups -OCH3 is 1. The van der Waals surface area contributed by atoms with Crippen LogP contribution in [0.25, 0.3) is 0 Å².